The molecule has 1 atom stereocenters. The van der Waals surface area contributed by atoms with Crippen molar-refractivity contribution in [2.75, 3.05) is 37.3 Å². The molecular formula is C19H22F3N5. The smallest absolute Gasteiger partial charge is 0.381 e. The fourth-order valence-electron chi connectivity index (χ4n) is 3.85. The minimum Gasteiger partial charge on any atom is -0.381 e. The molecule has 1 aromatic carbocycles. The third-order valence-corrected chi connectivity index (χ3v) is 5.20. The first-order valence-corrected chi connectivity index (χ1v) is 9.18. The first-order valence-electron chi connectivity index (χ1n) is 9.18. The lowest BCUT2D eigenvalue weighted by Crippen LogP contribution is -2.40. The van der Waals surface area contributed by atoms with E-state index in [4.69, 9.17) is 0 Å². The van der Waals surface area contributed by atoms with Crippen LogP contribution in [0.5, 0.6) is 0 Å². The molecule has 1 fully saturated rings. The van der Waals surface area contributed by atoms with Gasteiger partial charge in [0.25, 0.3) is 0 Å². The quantitative estimate of drug-likeness (QED) is 0.855. The van der Waals surface area contributed by atoms with Crippen LogP contribution in [-0.4, -0.2) is 47.8 Å². The second-order valence-electron chi connectivity index (χ2n) is 7.25. The van der Waals surface area contributed by atoms with E-state index in [1.54, 1.807) is 0 Å². The molecule has 0 unspecified atom stereocenters. The molecule has 8 heteroatoms. The zero-order valence-corrected chi connectivity index (χ0v) is 15.1. The molecule has 3 heterocycles. The number of likely N-dealkylation sites (N-methyl/N-ethyl adjacent to an activating group) is 1. The van der Waals surface area contributed by atoms with Crippen LogP contribution < -0.4 is 10.6 Å². The molecule has 27 heavy (non-hydrogen) atoms. The van der Waals surface area contributed by atoms with Crippen LogP contribution in [0.4, 0.5) is 24.7 Å². The van der Waals surface area contributed by atoms with E-state index in [2.05, 4.69) is 32.8 Å². The van der Waals surface area contributed by atoms with Gasteiger partial charge in [0.1, 0.15) is 0 Å². The standard InChI is InChI=1S/C19H22F3N5/c1-27-10-2-3-14(11-27)24-18-17-15(8-9-23-17)16(25-26-18)12-4-6-13(7-5-12)19(20,21)22/h4-7,14,23H,2-3,8-11H2,1H3,(H,24,26)/t14-/m1/s1. The fraction of sp³-hybridized carbons (Fsp3) is 0.474. The second kappa shape index (κ2) is 6.99. The van der Waals surface area contributed by atoms with Gasteiger partial charge in [-0.3, -0.25) is 0 Å². The molecule has 0 bridgehead atoms. The van der Waals surface area contributed by atoms with Crippen LogP contribution in [0, 0.1) is 0 Å². The van der Waals surface area contributed by atoms with Gasteiger partial charge in [0.05, 0.1) is 16.9 Å². The van der Waals surface area contributed by atoms with Gasteiger partial charge in [-0.05, 0) is 45.0 Å². The number of likely N-dealkylation sites (tertiary alicyclic amines) is 1. The lowest BCUT2D eigenvalue weighted by molar-refractivity contribution is -0.137. The number of nitrogens with zero attached hydrogens (tertiary/aromatic N) is 3. The van der Waals surface area contributed by atoms with Crippen molar-refractivity contribution in [3.63, 3.8) is 0 Å². The monoisotopic (exact) mass is 377 g/mol. The number of nitrogens with one attached hydrogen (secondary N) is 2. The maximum absolute atomic E-state index is 12.8. The minimum absolute atomic E-state index is 0.321. The van der Waals surface area contributed by atoms with E-state index >= 15 is 0 Å². The minimum atomic E-state index is -4.34. The number of alkyl halides is 3. The molecule has 0 saturated carbocycles. The summed E-state index contributed by atoms with van der Waals surface area (Å²) < 4.78 is 38.4. The van der Waals surface area contributed by atoms with Crippen molar-refractivity contribution in [2.24, 2.45) is 0 Å². The number of piperidine rings is 1. The third-order valence-electron chi connectivity index (χ3n) is 5.20. The first kappa shape index (κ1) is 18.0. The highest BCUT2D eigenvalue weighted by Crippen LogP contribution is 2.37. The molecule has 0 amide bonds. The summed E-state index contributed by atoms with van der Waals surface area (Å²) in [6.07, 6.45) is -1.34. The van der Waals surface area contributed by atoms with Gasteiger partial charge in [-0.25, -0.2) is 0 Å². The summed E-state index contributed by atoms with van der Waals surface area (Å²) in [5.41, 5.74) is 2.58. The largest absolute Gasteiger partial charge is 0.416 e. The molecule has 2 aliphatic rings. The van der Waals surface area contributed by atoms with Crippen LogP contribution in [0.1, 0.15) is 24.0 Å². The van der Waals surface area contributed by atoms with Crippen LogP contribution >= 0.6 is 0 Å². The van der Waals surface area contributed by atoms with E-state index in [-0.39, 0.29) is 0 Å². The van der Waals surface area contributed by atoms with E-state index in [9.17, 15) is 13.2 Å². The number of rotatable bonds is 3. The lowest BCUT2D eigenvalue weighted by atomic mass is 10.0. The van der Waals surface area contributed by atoms with Crippen LogP contribution in [0.15, 0.2) is 24.3 Å². The van der Waals surface area contributed by atoms with Crippen molar-refractivity contribution in [3.8, 4) is 11.3 Å². The molecule has 0 spiro atoms. The number of hydrogen-bond donors (Lipinski definition) is 2. The van der Waals surface area contributed by atoms with Gasteiger partial charge in [0, 0.05) is 30.3 Å². The normalized spacial score (nSPS) is 20.2. The zero-order valence-electron chi connectivity index (χ0n) is 15.1. The van der Waals surface area contributed by atoms with Gasteiger partial charge < -0.3 is 15.5 Å². The molecule has 1 aromatic heterocycles. The molecule has 2 N–H and O–H groups in total. The Labute approximate surface area is 156 Å². The highest BCUT2D eigenvalue weighted by atomic mass is 19.4. The van der Waals surface area contributed by atoms with Crippen molar-refractivity contribution >= 4 is 11.5 Å². The predicted molar refractivity (Wildman–Crippen MR) is 98.8 cm³/mol. The molecule has 2 aliphatic heterocycles. The second-order valence-corrected chi connectivity index (χ2v) is 7.25. The predicted octanol–water partition coefficient (Wildman–Crippen LogP) is 3.64. The van der Waals surface area contributed by atoms with Crippen LogP contribution in [0.25, 0.3) is 11.3 Å². The Bertz CT molecular complexity index is 819. The van der Waals surface area contributed by atoms with Gasteiger partial charge in [-0.2, -0.15) is 13.2 Å². The number of benzene rings is 1. The Morgan fingerprint density at radius 3 is 2.67 bits per heavy atom. The number of halogens is 3. The maximum Gasteiger partial charge on any atom is 0.416 e. The highest BCUT2D eigenvalue weighted by molar-refractivity contribution is 5.79. The first-order chi connectivity index (χ1) is 12.9. The molecule has 0 radical (unpaired) electrons. The van der Waals surface area contributed by atoms with Crippen LogP contribution in [0.2, 0.25) is 0 Å². The van der Waals surface area contributed by atoms with E-state index in [0.717, 1.165) is 68.1 Å². The Morgan fingerprint density at radius 1 is 1.19 bits per heavy atom. The summed E-state index contributed by atoms with van der Waals surface area (Å²) in [6.45, 7) is 2.83. The Kier molecular flexibility index (Phi) is 4.67. The average Bonchev–Trinajstić information content (AvgIpc) is 3.12. The van der Waals surface area contributed by atoms with Crippen molar-refractivity contribution in [1.29, 1.82) is 0 Å². The number of aromatic nitrogens is 2. The van der Waals surface area contributed by atoms with Gasteiger partial charge >= 0.3 is 6.18 Å². The highest BCUT2D eigenvalue weighted by Gasteiger charge is 2.30. The zero-order chi connectivity index (χ0) is 19.0. The van der Waals surface area contributed by atoms with Gasteiger partial charge in [-0.15, -0.1) is 10.2 Å². The van der Waals surface area contributed by atoms with E-state index in [1.165, 1.54) is 12.1 Å². The summed E-state index contributed by atoms with van der Waals surface area (Å²) in [6, 6.07) is 5.44. The van der Waals surface area contributed by atoms with E-state index < -0.39 is 11.7 Å². The van der Waals surface area contributed by atoms with Crippen molar-refractivity contribution in [2.45, 2.75) is 31.5 Å². The van der Waals surface area contributed by atoms with E-state index in [0.29, 0.717) is 17.3 Å². The molecule has 0 aliphatic carbocycles. The number of fused-ring (bicyclic) bond motifs is 1. The van der Waals surface area contributed by atoms with Crippen molar-refractivity contribution in [1.82, 2.24) is 15.1 Å². The summed E-state index contributed by atoms with van der Waals surface area (Å²) >= 11 is 0. The van der Waals surface area contributed by atoms with Crippen LogP contribution in [0.3, 0.4) is 0 Å². The molecule has 1 saturated heterocycles. The van der Waals surface area contributed by atoms with Gasteiger partial charge in [0.2, 0.25) is 0 Å². The van der Waals surface area contributed by atoms with Crippen LogP contribution in [-0.2, 0) is 12.6 Å². The summed E-state index contributed by atoms with van der Waals surface area (Å²) in [5, 5.41) is 15.6. The van der Waals surface area contributed by atoms with Crippen molar-refractivity contribution in [3.05, 3.63) is 35.4 Å². The summed E-state index contributed by atoms with van der Waals surface area (Å²) in [5.74, 6) is 0.735. The van der Waals surface area contributed by atoms with E-state index in [1.807, 2.05) is 0 Å². The molecule has 4 rings (SSSR count). The number of hydrogen-bond acceptors (Lipinski definition) is 5. The number of anilines is 2. The Morgan fingerprint density at radius 2 is 1.96 bits per heavy atom. The fourth-order valence-corrected chi connectivity index (χ4v) is 3.85. The van der Waals surface area contributed by atoms with Crippen molar-refractivity contribution < 1.29 is 13.2 Å². The summed E-state index contributed by atoms with van der Waals surface area (Å²) in [4.78, 5) is 2.29. The summed E-state index contributed by atoms with van der Waals surface area (Å²) in [7, 11) is 2.11. The maximum atomic E-state index is 12.8. The molecule has 2 aromatic rings. The topological polar surface area (TPSA) is 53.1 Å². The molecule has 144 valence electrons. The SMILES string of the molecule is CN1CCC[C@@H](Nc2nnc(-c3ccc(C(F)(F)F)cc3)c3c2NCC3)C1. The molecular weight excluding hydrogens is 355 g/mol. The lowest BCUT2D eigenvalue weighted by Gasteiger charge is -2.30. The average molecular weight is 377 g/mol. The third kappa shape index (κ3) is 3.71. The van der Waals surface area contributed by atoms with Gasteiger partial charge in [-0.1, -0.05) is 12.1 Å². The molecule has 5 nitrogen and oxygen atoms in total. The Balaban J connectivity index is 1.61. The Hall–Kier alpha value is -2.35. The van der Waals surface area contributed by atoms with Gasteiger partial charge in [0.15, 0.2) is 5.82 Å².